The number of aromatic hydroxyl groups is 1. The first-order valence-electron chi connectivity index (χ1n) is 10.0. The second-order valence-corrected chi connectivity index (χ2v) is 8.02. The molecular weight excluding hydrogens is 352 g/mol. The van der Waals surface area contributed by atoms with Crippen LogP contribution in [0.25, 0.3) is 0 Å². The van der Waals surface area contributed by atoms with Crippen molar-refractivity contribution in [1.82, 2.24) is 0 Å². The van der Waals surface area contributed by atoms with Crippen molar-refractivity contribution in [2.45, 2.75) is 24.7 Å². The molecule has 0 aromatic heterocycles. The standard InChI is InChI=1S/C28H26O/c1-27(2,22-18-20-26(29)21-19-22)28(23-12-6-3-7-13-23,24-14-8-4-9-15-24)25-16-10-5-11-17-25/h3-21,29H,1-2H3. The van der Waals surface area contributed by atoms with E-state index in [1.807, 2.05) is 12.1 Å². The van der Waals surface area contributed by atoms with Gasteiger partial charge in [0.15, 0.2) is 0 Å². The Morgan fingerprint density at radius 1 is 0.448 bits per heavy atom. The maximum Gasteiger partial charge on any atom is 0.115 e. The van der Waals surface area contributed by atoms with E-state index < -0.39 is 5.41 Å². The number of phenolic OH excluding ortho intramolecular Hbond substituents is 1. The second kappa shape index (κ2) is 7.60. The Morgan fingerprint density at radius 3 is 1.14 bits per heavy atom. The molecule has 0 heterocycles. The summed E-state index contributed by atoms with van der Waals surface area (Å²) in [6, 6.07) is 39.9. The molecule has 0 aliphatic heterocycles. The van der Waals surface area contributed by atoms with Crippen LogP contribution in [-0.4, -0.2) is 5.11 Å². The van der Waals surface area contributed by atoms with Gasteiger partial charge in [-0.3, -0.25) is 0 Å². The van der Waals surface area contributed by atoms with Crippen LogP contribution in [0.15, 0.2) is 115 Å². The fourth-order valence-electron chi connectivity index (χ4n) is 4.74. The van der Waals surface area contributed by atoms with Gasteiger partial charge in [-0.05, 0) is 34.4 Å². The van der Waals surface area contributed by atoms with Gasteiger partial charge < -0.3 is 5.11 Å². The fourth-order valence-corrected chi connectivity index (χ4v) is 4.74. The number of rotatable bonds is 5. The number of benzene rings is 4. The van der Waals surface area contributed by atoms with Crippen LogP contribution in [0.4, 0.5) is 0 Å². The summed E-state index contributed by atoms with van der Waals surface area (Å²) in [5.41, 5.74) is 4.20. The highest BCUT2D eigenvalue weighted by atomic mass is 16.3. The zero-order chi connectivity index (χ0) is 20.3. The first kappa shape index (κ1) is 19.0. The van der Waals surface area contributed by atoms with Gasteiger partial charge in [0.25, 0.3) is 0 Å². The van der Waals surface area contributed by atoms with Crippen LogP contribution in [0.2, 0.25) is 0 Å². The normalized spacial score (nSPS) is 11.9. The summed E-state index contributed by atoms with van der Waals surface area (Å²) in [6.45, 7) is 4.60. The predicted molar refractivity (Wildman–Crippen MR) is 120 cm³/mol. The summed E-state index contributed by atoms with van der Waals surface area (Å²) in [5, 5.41) is 9.88. The molecule has 0 aliphatic rings. The second-order valence-electron chi connectivity index (χ2n) is 8.02. The van der Waals surface area contributed by atoms with Crippen LogP contribution in [-0.2, 0) is 10.8 Å². The van der Waals surface area contributed by atoms with E-state index in [2.05, 4.69) is 105 Å². The lowest BCUT2D eigenvalue weighted by atomic mass is 9.53. The molecule has 4 aromatic carbocycles. The molecule has 0 spiro atoms. The summed E-state index contributed by atoms with van der Waals surface area (Å²) < 4.78 is 0. The lowest BCUT2D eigenvalue weighted by Gasteiger charge is -2.49. The predicted octanol–water partition coefficient (Wildman–Crippen LogP) is 6.70. The molecule has 0 saturated carbocycles. The molecule has 0 aliphatic carbocycles. The van der Waals surface area contributed by atoms with E-state index in [1.165, 1.54) is 22.3 Å². The molecule has 1 heteroatoms. The highest BCUT2D eigenvalue weighted by Crippen LogP contribution is 2.53. The van der Waals surface area contributed by atoms with Gasteiger partial charge >= 0.3 is 0 Å². The average molecular weight is 379 g/mol. The summed E-state index contributed by atoms with van der Waals surface area (Å²) in [7, 11) is 0. The van der Waals surface area contributed by atoms with Gasteiger partial charge in [-0.2, -0.15) is 0 Å². The fraction of sp³-hybridized carbons (Fsp3) is 0.143. The monoisotopic (exact) mass is 378 g/mol. The van der Waals surface area contributed by atoms with Crippen LogP contribution in [0.3, 0.4) is 0 Å². The Kier molecular flexibility index (Phi) is 4.98. The molecule has 0 bridgehead atoms. The van der Waals surface area contributed by atoms with E-state index in [0.717, 1.165) is 0 Å². The Morgan fingerprint density at radius 2 is 0.793 bits per heavy atom. The van der Waals surface area contributed by atoms with Crippen molar-refractivity contribution >= 4 is 0 Å². The number of hydrogen-bond donors (Lipinski definition) is 1. The van der Waals surface area contributed by atoms with E-state index in [0.29, 0.717) is 0 Å². The first-order valence-corrected chi connectivity index (χ1v) is 10.0. The SMILES string of the molecule is CC(C)(c1ccc(O)cc1)C(c1ccccc1)(c1ccccc1)c1ccccc1. The van der Waals surface area contributed by atoms with Crippen molar-refractivity contribution < 1.29 is 5.11 Å². The van der Waals surface area contributed by atoms with E-state index in [1.54, 1.807) is 12.1 Å². The van der Waals surface area contributed by atoms with Gasteiger partial charge in [0.2, 0.25) is 0 Å². The molecule has 0 atom stereocenters. The van der Waals surface area contributed by atoms with Crippen LogP contribution in [0.5, 0.6) is 5.75 Å². The summed E-state index contributed by atoms with van der Waals surface area (Å²) >= 11 is 0. The van der Waals surface area contributed by atoms with Gasteiger partial charge in [-0.25, -0.2) is 0 Å². The molecule has 0 unspecified atom stereocenters. The van der Waals surface area contributed by atoms with Crippen LogP contribution in [0.1, 0.15) is 36.1 Å². The van der Waals surface area contributed by atoms with Crippen molar-refractivity contribution in [1.29, 1.82) is 0 Å². The Balaban J connectivity index is 2.12. The van der Waals surface area contributed by atoms with E-state index in [-0.39, 0.29) is 11.2 Å². The van der Waals surface area contributed by atoms with Gasteiger partial charge in [-0.15, -0.1) is 0 Å². The molecule has 1 nitrogen and oxygen atoms in total. The highest BCUT2D eigenvalue weighted by Gasteiger charge is 2.49. The van der Waals surface area contributed by atoms with Crippen LogP contribution in [0, 0.1) is 0 Å². The maximum atomic E-state index is 9.88. The zero-order valence-corrected chi connectivity index (χ0v) is 16.9. The lowest BCUT2D eigenvalue weighted by molar-refractivity contribution is 0.357. The molecule has 29 heavy (non-hydrogen) atoms. The molecular formula is C28H26O. The molecule has 0 amide bonds. The van der Waals surface area contributed by atoms with Gasteiger partial charge in [0.1, 0.15) is 5.75 Å². The van der Waals surface area contributed by atoms with Gasteiger partial charge in [-0.1, -0.05) is 117 Å². The van der Waals surface area contributed by atoms with E-state index >= 15 is 0 Å². The third-order valence-corrected chi connectivity index (χ3v) is 6.15. The lowest BCUT2D eigenvalue weighted by Crippen LogP contribution is -2.47. The average Bonchev–Trinajstić information content (AvgIpc) is 2.77. The summed E-state index contributed by atoms with van der Waals surface area (Å²) in [4.78, 5) is 0. The van der Waals surface area contributed by atoms with Crippen molar-refractivity contribution in [2.75, 3.05) is 0 Å². The molecule has 0 radical (unpaired) electrons. The quantitative estimate of drug-likeness (QED) is 0.383. The minimum atomic E-state index is -0.409. The smallest absolute Gasteiger partial charge is 0.115 e. The summed E-state index contributed by atoms with van der Waals surface area (Å²) in [6.07, 6.45) is 0. The van der Waals surface area contributed by atoms with Crippen molar-refractivity contribution in [3.63, 3.8) is 0 Å². The third kappa shape index (κ3) is 3.13. The van der Waals surface area contributed by atoms with Crippen LogP contribution >= 0.6 is 0 Å². The van der Waals surface area contributed by atoms with E-state index in [4.69, 9.17) is 0 Å². The number of phenols is 1. The molecule has 4 aromatic rings. The maximum absolute atomic E-state index is 9.88. The Bertz CT molecular complexity index is 953. The molecule has 0 fully saturated rings. The molecule has 1 N–H and O–H groups in total. The summed E-state index contributed by atoms with van der Waals surface area (Å²) in [5.74, 6) is 0.286. The van der Waals surface area contributed by atoms with Crippen molar-refractivity contribution in [3.8, 4) is 5.75 Å². The minimum Gasteiger partial charge on any atom is -0.508 e. The molecule has 4 rings (SSSR count). The topological polar surface area (TPSA) is 20.2 Å². The first-order chi connectivity index (χ1) is 14.1. The van der Waals surface area contributed by atoms with Gasteiger partial charge in [0, 0.05) is 5.41 Å². The molecule has 144 valence electrons. The molecule has 0 saturated heterocycles. The largest absolute Gasteiger partial charge is 0.508 e. The van der Waals surface area contributed by atoms with E-state index in [9.17, 15) is 5.11 Å². The minimum absolute atomic E-state index is 0.286. The highest BCUT2D eigenvalue weighted by molar-refractivity contribution is 5.57. The van der Waals surface area contributed by atoms with Crippen molar-refractivity contribution in [3.05, 3.63) is 138 Å². The van der Waals surface area contributed by atoms with Crippen molar-refractivity contribution in [2.24, 2.45) is 0 Å². The Hall–Kier alpha value is -3.32. The third-order valence-electron chi connectivity index (χ3n) is 6.15. The van der Waals surface area contributed by atoms with Crippen LogP contribution < -0.4 is 0 Å². The Labute approximate surface area is 173 Å². The number of hydrogen-bond acceptors (Lipinski definition) is 1. The van der Waals surface area contributed by atoms with Gasteiger partial charge in [0.05, 0.1) is 5.41 Å². The zero-order valence-electron chi connectivity index (χ0n) is 16.9.